The number of aliphatic hydroxyl groups is 1. The number of fused-ring (bicyclic) bond motifs is 1. The van der Waals surface area contributed by atoms with Crippen molar-refractivity contribution < 1.29 is 10.2 Å². The molecule has 0 aliphatic carbocycles. The van der Waals surface area contributed by atoms with Gasteiger partial charge in [-0.15, -0.1) is 6.58 Å². The standard InChI is InChI=1S/C14H14O2/c1-2-5-13(15)12-8-9-14(16)11-7-4-3-6-10(11)12/h2-4,6-9,13,15-16H,1,5H2/t13-/m0/s1. The molecular weight excluding hydrogens is 200 g/mol. The molecule has 0 aliphatic heterocycles. The summed E-state index contributed by atoms with van der Waals surface area (Å²) in [6.45, 7) is 3.61. The first-order valence-electron chi connectivity index (χ1n) is 5.23. The number of rotatable bonds is 3. The topological polar surface area (TPSA) is 40.5 Å². The summed E-state index contributed by atoms with van der Waals surface area (Å²) in [6.07, 6.45) is 1.63. The van der Waals surface area contributed by atoms with E-state index >= 15 is 0 Å². The van der Waals surface area contributed by atoms with Gasteiger partial charge in [-0.1, -0.05) is 36.4 Å². The number of phenols is 1. The molecule has 0 unspecified atom stereocenters. The molecule has 2 heteroatoms. The van der Waals surface area contributed by atoms with Crippen molar-refractivity contribution >= 4 is 10.8 Å². The Balaban J connectivity index is 2.62. The maximum absolute atomic E-state index is 9.96. The number of benzene rings is 2. The Morgan fingerprint density at radius 1 is 1.12 bits per heavy atom. The Morgan fingerprint density at radius 3 is 2.50 bits per heavy atom. The third-order valence-corrected chi connectivity index (χ3v) is 2.68. The normalized spacial score (nSPS) is 12.6. The zero-order valence-electron chi connectivity index (χ0n) is 8.93. The van der Waals surface area contributed by atoms with E-state index in [0.29, 0.717) is 6.42 Å². The van der Waals surface area contributed by atoms with Gasteiger partial charge in [-0.05, 0) is 23.4 Å². The molecule has 2 aromatic rings. The number of hydrogen-bond acceptors (Lipinski definition) is 2. The Kier molecular flexibility index (Phi) is 2.93. The van der Waals surface area contributed by atoms with Gasteiger partial charge in [0.25, 0.3) is 0 Å². The fourth-order valence-corrected chi connectivity index (χ4v) is 1.88. The molecule has 2 nitrogen and oxygen atoms in total. The van der Waals surface area contributed by atoms with Crippen molar-refractivity contribution in [1.29, 1.82) is 0 Å². The molecule has 16 heavy (non-hydrogen) atoms. The molecule has 0 aliphatic rings. The van der Waals surface area contributed by atoms with Crippen LogP contribution >= 0.6 is 0 Å². The molecule has 0 saturated heterocycles. The highest BCUT2D eigenvalue weighted by molar-refractivity contribution is 5.91. The van der Waals surface area contributed by atoms with Crippen molar-refractivity contribution in [2.45, 2.75) is 12.5 Å². The highest BCUT2D eigenvalue weighted by atomic mass is 16.3. The predicted molar refractivity (Wildman–Crippen MR) is 65.4 cm³/mol. The first kappa shape index (κ1) is 10.7. The summed E-state index contributed by atoms with van der Waals surface area (Å²) in [5.41, 5.74) is 0.827. The Morgan fingerprint density at radius 2 is 1.81 bits per heavy atom. The van der Waals surface area contributed by atoms with Crippen LogP contribution in [0, 0.1) is 0 Å². The minimum absolute atomic E-state index is 0.241. The van der Waals surface area contributed by atoms with Crippen molar-refractivity contribution in [3.8, 4) is 5.75 Å². The molecule has 2 N–H and O–H groups in total. The van der Waals surface area contributed by atoms with E-state index in [1.54, 1.807) is 18.2 Å². The van der Waals surface area contributed by atoms with Crippen LogP contribution in [0.4, 0.5) is 0 Å². The van der Waals surface area contributed by atoms with E-state index in [1.807, 2.05) is 24.3 Å². The van der Waals surface area contributed by atoms with E-state index in [9.17, 15) is 10.2 Å². The van der Waals surface area contributed by atoms with Gasteiger partial charge in [-0.25, -0.2) is 0 Å². The minimum atomic E-state index is -0.567. The molecule has 2 aromatic carbocycles. The lowest BCUT2D eigenvalue weighted by Gasteiger charge is -2.12. The summed E-state index contributed by atoms with van der Waals surface area (Å²) in [5.74, 6) is 0.241. The molecule has 0 saturated carbocycles. The van der Waals surface area contributed by atoms with Crippen LogP contribution in [0.1, 0.15) is 18.1 Å². The van der Waals surface area contributed by atoms with Gasteiger partial charge in [-0.2, -0.15) is 0 Å². The van der Waals surface area contributed by atoms with Gasteiger partial charge in [0, 0.05) is 5.39 Å². The van der Waals surface area contributed by atoms with Crippen LogP contribution in [0.2, 0.25) is 0 Å². The molecule has 2 rings (SSSR count). The lowest BCUT2D eigenvalue weighted by molar-refractivity contribution is 0.183. The van der Waals surface area contributed by atoms with Crippen LogP contribution in [0.15, 0.2) is 49.1 Å². The van der Waals surface area contributed by atoms with Crippen molar-refractivity contribution in [2.75, 3.05) is 0 Å². The van der Waals surface area contributed by atoms with Gasteiger partial charge in [0.15, 0.2) is 0 Å². The lowest BCUT2D eigenvalue weighted by atomic mass is 9.98. The average molecular weight is 214 g/mol. The van der Waals surface area contributed by atoms with Gasteiger partial charge < -0.3 is 10.2 Å². The summed E-state index contributed by atoms with van der Waals surface area (Å²) in [7, 11) is 0. The third-order valence-electron chi connectivity index (χ3n) is 2.68. The molecule has 0 radical (unpaired) electrons. The smallest absolute Gasteiger partial charge is 0.123 e. The second-order valence-electron chi connectivity index (χ2n) is 3.76. The van der Waals surface area contributed by atoms with Crippen LogP contribution < -0.4 is 0 Å². The zero-order chi connectivity index (χ0) is 11.5. The van der Waals surface area contributed by atoms with Crippen LogP contribution in [0.25, 0.3) is 10.8 Å². The van der Waals surface area contributed by atoms with E-state index in [0.717, 1.165) is 16.3 Å². The SMILES string of the molecule is C=CC[C@H](O)c1ccc(O)c2ccccc12. The molecular formula is C14H14O2. The Bertz CT molecular complexity index is 517. The zero-order valence-corrected chi connectivity index (χ0v) is 8.93. The number of aliphatic hydroxyl groups excluding tert-OH is 1. The second kappa shape index (κ2) is 4.37. The van der Waals surface area contributed by atoms with Gasteiger partial charge in [-0.3, -0.25) is 0 Å². The first-order valence-corrected chi connectivity index (χ1v) is 5.23. The minimum Gasteiger partial charge on any atom is -0.507 e. The summed E-state index contributed by atoms with van der Waals surface area (Å²) < 4.78 is 0. The quantitative estimate of drug-likeness (QED) is 0.770. The van der Waals surface area contributed by atoms with Crippen LogP contribution in [0.5, 0.6) is 5.75 Å². The van der Waals surface area contributed by atoms with Crippen molar-refractivity contribution in [1.82, 2.24) is 0 Å². The van der Waals surface area contributed by atoms with Gasteiger partial charge >= 0.3 is 0 Å². The molecule has 0 amide bonds. The first-order chi connectivity index (χ1) is 7.74. The largest absolute Gasteiger partial charge is 0.507 e. The third kappa shape index (κ3) is 1.79. The van der Waals surface area contributed by atoms with Gasteiger partial charge in [0.2, 0.25) is 0 Å². The molecule has 0 heterocycles. The van der Waals surface area contributed by atoms with E-state index < -0.39 is 6.10 Å². The Hall–Kier alpha value is -1.80. The molecule has 0 fully saturated rings. The van der Waals surface area contributed by atoms with Crippen molar-refractivity contribution in [2.24, 2.45) is 0 Å². The fourth-order valence-electron chi connectivity index (χ4n) is 1.88. The van der Waals surface area contributed by atoms with Crippen LogP contribution in [-0.4, -0.2) is 10.2 Å². The monoisotopic (exact) mass is 214 g/mol. The average Bonchev–Trinajstić information content (AvgIpc) is 2.30. The summed E-state index contributed by atoms with van der Waals surface area (Å²) >= 11 is 0. The summed E-state index contributed by atoms with van der Waals surface area (Å²) in [4.78, 5) is 0. The molecule has 0 aromatic heterocycles. The number of phenolic OH excluding ortho intramolecular Hbond substituents is 1. The maximum Gasteiger partial charge on any atom is 0.123 e. The lowest BCUT2D eigenvalue weighted by Crippen LogP contribution is -1.96. The van der Waals surface area contributed by atoms with Crippen molar-refractivity contribution in [3.05, 3.63) is 54.6 Å². The highest BCUT2D eigenvalue weighted by Gasteiger charge is 2.11. The Labute approximate surface area is 94.5 Å². The van der Waals surface area contributed by atoms with E-state index in [1.165, 1.54) is 0 Å². The maximum atomic E-state index is 9.96. The molecule has 1 atom stereocenters. The van der Waals surface area contributed by atoms with Gasteiger partial charge in [0.1, 0.15) is 5.75 Å². The fraction of sp³-hybridized carbons (Fsp3) is 0.143. The van der Waals surface area contributed by atoms with Crippen LogP contribution in [0.3, 0.4) is 0 Å². The van der Waals surface area contributed by atoms with E-state index in [4.69, 9.17) is 0 Å². The van der Waals surface area contributed by atoms with Crippen LogP contribution in [-0.2, 0) is 0 Å². The summed E-state index contributed by atoms with van der Waals surface area (Å²) in [6, 6.07) is 10.9. The van der Waals surface area contributed by atoms with Gasteiger partial charge in [0.05, 0.1) is 6.10 Å². The van der Waals surface area contributed by atoms with E-state index in [2.05, 4.69) is 6.58 Å². The number of aromatic hydroxyl groups is 1. The van der Waals surface area contributed by atoms with Crippen molar-refractivity contribution in [3.63, 3.8) is 0 Å². The number of hydrogen-bond donors (Lipinski definition) is 2. The molecule has 0 bridgehead atoms. The molecule has 0 spiro atoms. The predicted octanol–water partition coefficient (Wildman–Crippen LogP) is 3.15. The van der Waals surface area contributed by atoms with E-state index in [-0.39, 0.29) is 5.75 Å². The summed E-state index contributed by atoms with van der Waals surface area (Å²) in [5, 5.41) is 21.3. The second-order valence-corrected chi connectivity index (χ2v) is 3.76. The molecule has 82 valence electrons. The highest BCUT2D eigenvalue weighted by Crippen LogP contribution is 2.31.